The summed E-state index contributed by atoms with van der Waals surface area (Å²) in [7, 11) is 0. The topological polar surface area (TPSA) is 101 Å². The third-order valence-electron chi connectivity index (χ3n) is 5.50. The van der Waals surface area contributed by atoms with E-state index in [1.165, 1.54) is 25.7 Å². The molecule has 1 saturated heterocycles. The number of alkyl carbamates (subject to hydrolysis) is 1. The Morgan fingerprint density at radius 2 is 1.90 bits per heavy atom. The number of amides is 2. The van der Waals surface area contributed by atoms with Crippen molar-refractivity contribution in [2.45, 2.75) is 90.4 Å². The lowest BCUT2D eigenvalue weighted by Gasteiger charge is -2.35. The number of hydrogen-bond donors (Lipinski definition) is 2. The zero-order chi connectivity index (χ0) is 21.7. The maximum absolute atomic E-state index is 12.2. The van der Waals surface area contributed by atoms with E-state index >= 15 is 0 Å². The first kappa shape index (κ1) is 22.5. The van der Waals surface area contributed by atoms with Gasteiger partial charge in [0.15, 0.2) is 0 Å². The molecule has 1 aromatic rings. The number of aromatic nitrogens is 3. The Morgan fingerprint density at radius 3 is 2.60 bits per heavy atom. The molecule has 168 valence electrons. The molecule has 30 heavy (non-hydrogen) atoms. The zero-order valence-corrected chi connectivity index (χ0v) is 18.7. The van der Waals surface area contributed by atoms with Crippen LogP contribution in [0.2, 0.25) is 0 Å². The summed E-state index contributed by atoms with van der Waals surface area (Å²) in [6.45, 7) is 10.1. The van der Waals surface area contributed by atoms with Crippen LogP contribution in [0.25, 0.3) is 0 Å². The molecule has 1 saturated carbocycles. The monoisotopic (exact) mass is 420 g/mol. The molecule has 2 heterocycles. The predicted octanol–water partition coefficient (Wildman–Crippen LogP) is 2.31. The number of nitrogens with zero attached hydrogens (tertiary/aromatic N) is 4. The van der Waals surface area contributed by atoms with Crippen LogP contribution in [0.15, 0.2) is 0 Å². The summed E-state index contributed by atoms with van der Waals surface area (Å²) in [4.78, 5) is 26.3. The molecule has 0 unspecified atom stereocenters. The normalized spacial score (nSPS) is 20.1. The average molecular weight is 421 g/mol. The Morgan fingerprint density at radius 1 is 1.13 bits per heavy atom. The molecular formula is C21H36N6O3. The van der Waals surface area contributed by atoms with E-state index in [1.54, 1.807) is 0 Å². The zero-order valence-electron chi connectivity index (χ0n) is 18.7. The van der Waals surface area contributed by atoms with Gasteiger partial charge in [0.2, 0.25) is 5.91 Å². The van der Waals surface area contributed by atoms with Crippen LogP contribution in [-0.4, -0.2) is 62.9 Å². The molecule has 0 aromatic carbocycles. The number of carbonyl (C=O) groups is 2. The van der Waals surface area contributed by atoms with E-state index < -0.39 is 11.7 Å². The van der Waals surface area contributed by atoms with Crippen LogP contribution in [0.4, 0.5) is 4.79 Å². The number of piperidine rings is 1. The molecule has 2 N–H and O–H groups in total. The van der Waals surface area contributed by atoms with Gasteiger partial charge in [-0.15, -0.1) is 10.2 Å². The molecule has 9 nitrogen and oxygen atoms in total. The van der Waals surface area contributed by atoms with Gasteiger partial charge in [0.05, 0.1) is 6.54 Å². The molecule has 1 aromatic heterocycles. The van der Waals surface area contributed by atoms with Gasteiger partial charge in [-0.2, -0.15) is 0 Å². The Hall–Kier alpha value is -2.16. The van der Waals surface area contributed by atoms with Gasteiger partial charge in [-0.1, -0.05) is 6.42 Å². The van der Waals surface area contributed by atoms with Crippen molar-refractivity contribution in [1.82, 2.24) is 30.3 Å². The lowest BCUT2D eigenvalue weighted by atomic mass is 10.0. The van der Waals surface area contributed by atoms with Crippen molar-refractivity contribution in [3.63, 3.8) is 0 Å². The highest BCUT2D eigenvalue weighted by Gasteiger charge is 2.30. The highest BCUT2D eigenvalue weighted by atomic mass is 16.6. The van der Waals surface area contributed by atoms with Crippen LogP contribution >= 0.6 is 0 Å². The first-order valence-electron chi connectivity index (χ1n) is 11.1. The second-order valence-electron chi connectivity index (χ2n) is 9.37. The SMILES string of the molecule is Cc1nnc(CN2CCCC[C@@H]2CNC(=O)CCNC(=O)OC(C)(C)C)n1C1CC1. The van der Waals surface area contributed by atoms with E-state index in [2.05, 4.69) is 30.3 Å². The second kappa shape index (κ2) is 9.76. The van der Waals surface area contributed by atoms with Crippen LogP contribution in [0, 0.1) is 6.92 Å². The van der Waals surface area contributed by atoms with Crippen LogP contribution in [0.3, 0.4) is 0 Å². The predicted molar refractivity (Wildman–Crippen MR) is 113 cm³/mol. The molecule has 2 aliphatic rings. The lowest BCUT2D eigenvalue weighted by Crippen LogP contribution is -2.47. The summed E-state index contributed by atoms with van der Waals surface area (Å²) in [6, 6.07) is 0.863. The van der Waals surface area contributed by atoms with E-state index in [9.17, 15) is 9.59 Å². The number of carbonyl (C=O) groups excluding carboxylic acids is 2. The van der Waals surface area contributed by atoms with Crippen molar-refractivity contribution in [3.05, 3.63) is 11.6 Å². The quantitative estimate of drug-likeness (QED) is 0.669. The summed E-state index contributed by atoms with van der Waals surface area (Å²) in [5.41, 5.74) is -0.543. The smallest absolute Gasteiger partial charge is 0.407 e. The van der Waals surface area contributed by atoms with Crippen LogP contribution in [0.5, 0.6) is 0 Å². The maximum atomic E-state index is 12.2. The molecule has 3 rings (SSSR count). The van der Waals surface area contributed by atoms with Gasteiger partial charge in [0.25, 0.3) is 0 Å². The van der Waals surface area contributed by atoms with Gasteiger partial charge in [0, 0.05) is 31.6 Å². The highest BCUT2D eigenvalue weighted by molar-refractivity contribution is 5.77. The van der Waals surface area contributed by atoms with Gasteiger partial charge < -0.3 is 19.9 Å². The van der Waals surface area contributed by atoms with Crippen molar-refractivity contribution in [1.29, 1.82) is 0 Å². The summed E-state index contributed by atoms with van der Waals surface area (Å²) in [5.74, 6) is 1.97. The number of nitrogens with one attached hydrogen (secondary N) is 2. The summed E-state index contributed by atoms with van der Waals surface area (Å²) >= 11 is 0. The minimum Gasteiger partial charge on any atom is -0.444 e. The Kier molecular flexibility index (Phi) is 7.33. The molecule has 2 fully saturated rings. The fourth-order valence-corrected chi connectivity index (χ4v) is 3.92. The van der Waals surface area contributed by atoms with Crippen molar-refractivity contribution >= 4 is 12.0 Å². The van der Waals surface area contributed by atoms with E-state index in [0.717, 1.165) is 31.2 Å². The van der Waals surface area contributed by atoms with Gasteiger partial charge >= 0.3 is 6.09 Å². The Labute approximate surface area is 178 Å². The third-order valence-corrected chi connectivity index (χ3v) is 5.50. The molecule has 2 amide bonds. The van der Waals surface area contributed by atoms with Crippen molar-refractivity contribution in [2.24, 2.45) is 0 Å². The summed E-state index contributed by atoms with van der Waals surface area (Å²) in [6.07, 6.45) is 5.56. The minimum atomic E-state index is -0.543. The van der Waals surface area contributed by atoms with Crippen molar-refractivity contribution < 1.29 is 14.3 Å². The number of ether oxygens (including phenoxy) is 1. The largest absolute Gasteiger partial charge is 0.444 e. The standard InChI is InChI=1S/C21H36N6O3/c1-15-24-25-18(27(15)16-8-9-16)14-26-12-6-5-7-17(26)13-23-19(28)10-11-22-20(29)30-21(2,3)4/h16-17H,5-14H2,1-4H3,(H,22,29)(H,23,28)/t17-/m1/s1. The van der Waals surface area contributed by atoms with Gasteiger partial charge in [-0.25, -0.2) is 4.79 Å². The van der Waals surface area contributed by atoms with Crippen molar-refractivity contribution in [2.75, 3.05) is 19.6 Å². The molecule has 0 spiro atoms. The van der Waals surface area contributed by atoms with Crippen molar-refractivity contribution in [3.8, 4) is 0 Å². The average Bonchev–Trinajstić information content (AvgIpc) is 3.43. The number of rotatable bonds is 8. The molecule has 1 aliphatic heterocycles. The Balaban J connectivity index is 1.43. The number of hydrogen-bond acceptors (Lipinski definition) is 6. The fraction of sp³-hybridized carbons (Fsp3) is 0.810. The molecule has 1 aliphatic carbocycles. The summed E-state index contributed by atoms with van der Waals surface area (Å²) < 4.78 is 7.46. The minimum absolute atomic E-state index is 0.0615. The second-order valence-corrected chi connectivity index (χ2v) is 9.37. The first-order chi connectivity index (χ1) is 14.2. The number of aryl methyl sites for hydroxylation is 1. The Bertz CT molecular complexity index is 738. The van der Waals surface area contributed by atoms with E-state index in [0.29, 0.717) is 18.6 Å². The fourth-order valence-electron chi connectivity index (χ4n) is 3.92. The highest BCUT2D eigenvalue weighted by Crippen LogP contribution is 2.36. The first-order valence-corrected chi connectivity index (χ1v) is 11.1. The van der Waals surface area contributed by atoms with Crippen LogP contribution in [0.1, 0.15) is 77.0 Å². The lowest BCUT2D eigenvalue weighted by molar-refractivity contribution is -0.121. The maximum Gasteiger partial charge on any atom is 0.407 e. The molecular weight excluding hydrogens is 384 g/mol. The van der Waals surface area contributed by atoms with Crippen LogP contribution in [-0.2, 0) is 16.1 Å². The summed E-state index contributed by atoms with van der Waals surface area (Å²) in [5, 5.41) is 14.4. The van der Waals surface area contributed by atoms with Gasteiger partial charge in [-0.3, -0.25) is 9.69 Å². The molecule has 1 atom stereocenters. The van der Waals surface area contributed by atoms with E-state index in [4.69, 9.17) is 4.74 Å². The van der Waals surface area contributed by atoms with Gasteiger partial charge in [0.1, 0.15) is 17.2 Å². The number of likely N-dealkylation sites (tertiary alicyclic amines) is 1. The van der Waals surface area contributed by atoms with Gasteiger partial charge in [-0.05, 0) is 59.9 Å². The van der Waals surface area contributed by atoms with E-state index in [-0.39, 0.29) is 18.9 Å². The molecule has 0 bridgehead atoms. The van der Waals surface area contributed by atoms with E-state index in [1.807, 2.05) is 27.7 Å². The van der Waals surface area contributed by atoms with Crippen LogP contribution < -0.4 is 10.6 Å². The molecule has 0 radical (unpaired) electrons. The molecule has 9 heteroatoms. The third kappa shape index (κ3) is 6.68.